The van der Waals surface area contributed by atoms with Gasteiger partial charge in [-0.2, -0.15) is 5.01 Å². The van der Waals surface area contributed by atoms with E-state index in [0.717, 1.165) is 33.6 Å². The van der Waals surface area contributed by atoms with Crippen LogP contribution in [0.15, 0.2) is 65.6 Å². The third kappa shape index (κ3) is 5.93. The van der Waals surface area contributed by atoms with Crippen molar-refractivity contribution in [3.8, 4) is 5.75 Å². The summed E-state index contributed by atoms with van der Waals surface area (Å²) in [6, 6.07) is 18.3. The number of aryl methyl sites for hydroxylation is 3. The van der Waals surface area contributed by atoms with Crippen molar-refractivity contribution >= 4 is 57.8 Å². The maximum Gasteiger partial charge on any atom is 0.285 e. The van der Waals surface area contributed by atoms with Crippen LogP contribution in [0.1, 0.15) is 38.2 Å². The minimum absolute atomic E-state index is 0.250. The predicted octanol–water partition coefficient (Wildman–Crippen LogP) is 6.39. The number of thioether (sulfide) groups is 1. The van der Waals surface area contributed by atoms with Crippen LogP contribution in [0, 0.1) is 20.8 Å². The molecule has 0 atom stereocenters. The van der Waals surface area contributed by atoms with E-state index in [1.165, 1.54) is 22.8 Å². The van der Waals surface area contributed by atoms with E-state index >= 15 is 0 Å². The predicted molar refractivity (Wildman–Crippen MR) is 145 cm³/mol. The molecule has 1 N–H and O–H groups in total. The van der Waals surface area contributed by atoms with Crippen molar-refractivity contribution in [2.24, 2.45) is 0 Å². The second kappa shape index (κ2) is 10.6. The molecule has 0 spiro atoms. The van der Waals surface area contributed by atoms with Gasteiger partial charge < -0.3 is 4.74 Å². The number of amides is 2. The van der Waals surface area contributed by atoms with Crippen molar-refractivity contribution in [1.29, 1.82) is 0 Å². The molecule has 5 nitrogen and oxygen atoms in total. The van der Waals surface area contributed by atoms with Crippen LogP contribution in [0.3, 0.4) is 0 Å². The number of nitrogens with one attached hydrogen (secondary N) is 1. The Balaban J connectivity index is 1.40. The molecule has 0 unspecified atom stereocenters. The third-order valence-electron chi connectivity index (χ3n) is 5.62. The zero-order valence-electron chi connectivity index (χ0n) is 19.4. The van der Waals surface area contributed by atoms with E-state index in [9.17, 15) is 9.59 Å². The first-order chi connectivity index (χ1) is 16.7. The normalized spacial score (nSPS) is 14.5. The lowest BCUT2D eigenvalue weighted by molar-refractivity contribution is -0.123. The van der Waals surface area contributed by atoms with E-state index in [-0.39, 0.29) is 10.2 Å². The van der Waals surface area contributed by atoms with Gasteiger partial charge in [-0.1, -0.05) is 53.7 Å². The molecule has 3 aromatic rings. The van der Waals surface area contributed by atoms with Crippen molar-refractivity contribution in [3.05, 3.63) is 104 Å². The second-order valence-corrected chi connectivity index (χ2v) is 10.3. The molecule has 0 aromatic heterocycles. The first-order valence-corrected chi connectivity index (χ1v) is 12.5. The minimum Gasteiger partial charge on any atom is -0.489 e. The number of benzene rings is 3. The maximum absolute atomic E-state index is 12.8. The highest BCUT2D eigenvalue weighted by Crippen LogP contribution is 2.32. The summed E-state index contributed by atoms with van der Waals surface area (Å²) in [5.74, 6) is -0.118. The van der Waals surface area contributed by atoms with Crippen LogP contribution in [0.25, 0.3) is 6.08 Å². The number of halogens is 1. The topological polar surface area (TPSA) is 58.6 Å². The maximum atomic E-state index is 12.8. The highest BCUT2D eigenvalue weighted by Gasteiger charge is 2.33. The summed E-state index contributed by atoms with van der Waals surface area (Å²) < 4.78 is 6.21. The number of hydrogen-bond donors (Lipinski definition) is 1. The Kier molecular flexibility index (Phi) is 7.60. The SMILES string of the molecule is Cc1cc(C)c(COc2ccc(/C=C3/SC(=S)N(NC(=O)c4cccc(Cl)c4)C3=O)cc2)cc1C. The molecule has 178 valence electrons. The number of thiocarbonyl (C=S) groups is 1. The second-order valence-electron chi connectivity index (χ2n) is 8.19. The van der Waals surface area contributed by atoms with E-state index in [0.29, 0.717) is 22.1 Å². The molecule has 1 heterocycles. The first-order valence-electron chi connectivity index (χ1n) is 10.9. The van der Waals surface area contributed by atoms with Gasteiger partial charge in [-0.25, -0.2) is 0 Å². The lowest BCUT2D eigenvalue weighted by atomic mass is 10.0. The molecule has 1 fully saturated rings. The molecule has 1 aliphatic rings. The number of nitrogens with zero attached hydrogens (tertiary/aromatic N) is 1. The fourth-order valence-electron chi connectivity index (χ4n) is 3.51. The zero-order valence-corrected chi connectivity index (χ0v) is 21.8. The molecular weight excluding hydrogens is 500 g/mol. The number of rotatable bonds is 6. The van der Waals surface area contributed by atoms with Gasteiger partial charge in [0.1, 0.15) is 12.4 Å². The van der Waals surface area contributed by atoms with E-state index in [1.807, 2.05) is 24.3 Å². The standard InChI is InChI=1S/C27H23ClN2O3S2/c1-16-11-18(3)21(12-17(16)2)15-33-23-9-7-19(8-10-23)13-24-26(32)30(27(34)35-24)29-25(31)20-5-4-6-22(28)14-20/h4-14H,15H2,1-3H3,(H,29,31)/b24-13+. The highest BCUT2D eigenvalue weighted by molar-refractivity contribution is 8.26. The Morgan fingerprint density at radius 2 is 1.77 bits per heavy atom. The number of ether oxygens (including phenoxy) is 1. The molecule has 0 radical (unpaired) electrons. The Hall–Kier alpha value is -3.13. The van der Waals surface area contributed by atoms with Gasteiger partial charge in [0.2, 0.25) is 0 Å². The van der Waals surface area contributed by atoms with Crippen LogP contribution < -0.4 is 10.2 Å². The molecule has 8 heteroatoms. The molecule has 0 saturated carbocycles. The summed E-state index contributed by atoms with van der Waals surface area (Å²) in [5, 5.41) is 1.51. The van der Waals surface area contributed by atoms with Gasteiger partial charge in [-0.05, 0) is 97.2 Å². The van der Waals surface area contributed by atoms with Gasteiger partial charge in [0.25, 0.3) is 11.8 Å². The summed E-state index contributed by atoms with van der Waals surface area (Å²) in [5.41, 5.74) is 8.58. The number of hydrogen-bond acceptors (Lipinski definition) is 5. The fourth-order valence-corrected chi connectivity index (χ4v) is 4.88. The molecule has 2 amide bonds. The molecule has 35 heavy (non-hydrogen) atoms. The lowest BCUT2D eigenvalue weighted by Crippen LogP contribution is -2.44. The third-order valence-corrected chi connectivity index (χ3v) is 7.16. The summed E-state index contributed by atoms with van der Waals surface area (Å²) in [6.45, 7) is 6.77. The van der Waals surface area contributed by atoms with E-state index in [2.05, 4.69) is 38.3 Å². The Morgan fingerprint density at radius 1 is 1.06 bits per heavy atom. The summed E-state index contributed by atoms with van der Waals surface area (Å²) >= 11 is 12.4. The smallest absolute Gasteiger partial charge is 0.285 e. The van der Waals surface area contributed by atoms with Gasteiger partial charge in [0.05, 0.1) is 4.91 Å². The lowest BCUT2D eigenvalue weighted by Gasteiger charge is -2.15. The molecule has 4 rings (SSSR count). The van der Waals surface area contributed by atoms with Gasteiger partial charge in [0, 0.05) is 10.6 Å². The first kappa shape index (κ1) is 25.0. The number of carbonyl (C=O) groups excluding carboxylic acids is 2. The monoisotopic (exact) mass is 522 g/mol. The number of hydrazine groups is 1. The van der Waals surface area contributed by atoms with E-state index in [4.69, 9.17) is 28.6 Å². The van der Waals surface area contributed by atoms with Crippen LogP contribution in [0.5, 0.6) is 5.75 Å². The van der Waals surface area contributed by atoms with Crippen molar-refractivity contribution < 1.29 is 14.3 Å². The van der Waals surface area contributed by atoms with Crippen molar-refractivity contribution in [2.45, 2.75) is 27.4 Å². The average molecular weight is 523 g/mol. The Morgan fingerprint density at radius 3 is 2.49 bits per heavy atom. The Bertz CT molecular complexity index is 1350. The van der Waals surface area contributed by atoms with Crippen LogP contribution in [-0.4, -0.2) is 21.1 Å². The van der Waals surface area contributed by atoms with Crippen molar-refractivity contribution in [3.63, 3.8) is 0 Å². The molecule has 0 aliphatic carbocycles. The molecule has 1 saturated heterocycles. The number of carbonyl (C=O) groups is 2. The van der Waals surface area contributed by atoms with Gasteiger partial charge in [-0.15, -0.1) is 0 Å². The largest absolute Gasteiger partial charge is 0.489 e. The van der Waals surface area contributed by atoms with Crippen LogP contribution >= 0.6 is 35.6 Å². The van der Waals surface area contributed by atoms with Gasteiger partial charge in [-0.3, -0.25) is 15.0 Å². The zero-order chi connectivity index (χ0) is 25.1. The average Bonchev–Trinajstić information content (AvgIpc) is 3.08. The molecule has 1 aliphatic heterocycles. The van der Waals surface area contributed by atoms with Crippen molar-refractivity contribution in [1.82, 2.24) is 10.4 Å². The Labute approximate surface area is 219 Å². The van der Waals surface area contributed by atoms with Crippen LogP contribution in [0.4, 0.5) is 0 Å². The summed E-state index contributed by atoms with van der Waals surface area (Å²) in [4.78, 5) is 25.8. The van der Waals surface area contributed by atoms with Crippen molar-refractivity contribution in [2.75, 3.05) is 0 Å². The minimum atomic E-state index is -0.467. The highest BCUT2D eigenvalue weighted by atomic mass is 35.5. The molecular formula is C27H23ClN2O3S2. The van der Waals surface area contributed by atoms with Gasteiger partial charge >= 0.3 is 0 Å². The molecule has 3 aromatic carbocycles. The van der Waals surface area contributed by atoms with Crippen LogP contribution in [0.2, 0.25) is 5.02 Å². The van der Waals surface area contributed by atoms with E-state index in [1.54, 1.807) is 24.3 Å². The fraction of sp³-hybridized carbons (Fsp3) is 0.148. The summed E-state index contributed by atoms with van der Waals surface area (Å²) in [6.07, 6.45) is 1.74. The molecule has 0 bridgehead atoms. The summed E-state index contributed by atoms with van der Waals surface area (Å²) in [7, 11) is 0. The van der Waals surface area contributed by atoms with E-state index < -0.39 is 5.91 Å². The quantitative estimate of drug-likeness (QED) is 0.300. The van der Waals surface area contributed by atoms with Crippen LogP contribution in [-0.2, 0) is 11.4 Å². The van der Waals surface area contributed by atoms with Gasteiger partial charge in [0.15, 0.2) is 4.32 Å².